The van der Waals surface area contributed by atoms with Crippen molar-refractivity contribution in [3.05, 3.63) is 182 Å². The van der Waals surface area contributed by atoms with Crippen LogP contribution in [0.4, 0.5) is 0 Å². The van der Waals surface area contributed by atoms with Gasteiger partial charge in [-0.15, -0.1) is 0 Å². The van der Waals surface area contributed by atoms with Crippen molar-refractivity contribution in [1.82, 2.24) is 0 Å². The van der Waals surface area contributed by atoms with Crippen LogP contribution in [-0.4, -0.2) is 0 Å². The van der Waals surface area contributed by atoms with E-state index in [4.69, 9.17) is 26.6 Å². The zero-order chi connectivity index (χ0) is 28.2. The second-order valence-electron chi connectivity index (χ2n) is 9.78. The standard InChI is InChI=1S/2C18H15P.2BrH.Pt/c2*1-4-10-16(11-5-1)19(17-12-6-2-7-13-17)18-14-8-3-9-15-18;;;/h2*1-15H;2*1H;. The molecule has 0 atom stereocenters. The van der Waals surface area contributed by atoms with Gasteiger partial charge in [-0.05, 0) is 0 Å². The van der Waals surface area contributed by atoms with Gasteiger partial charge in [0.25, 0.3) is 0 Å². The molecule has 0 nitrogen and oxygen atoms in total. The van der Waals surface area contributed by atoms with Gasteiger partial charge in [0.05, 0.1) is 0 Å². The van der Waals surface area contributed by atoms with E-state index in [1.165, 1.54) is 31.8 Å². The third-order valence-electron chi connectivity index (χ3n) is 7.52. The van der Waals surface area contributed by atoms with Crippen LogP contribution < -0.4 is 31.8 Å². The topological polar surface area (TPSA) is 0 Å². The van der Waals surface area contributed by atoms with Gasteiger partial charge in [0.15, 0.2) is 0 Å². The van der Waals surface area contributed by atoms with Crippen LogP contribution in [0.15, 0.2) is 182 Å². The Balaban J connectivity index is 1.86. The van der Waals surface area contributed by atoms with Crippen LogP contribution in [0.25, 0.3) is 0 Å². The number of hydrogen-bond donors (Lipinski definition) is 0. The van der Waals surface area contributed by atoms with Crippen molar-refractivity contribution >= 4 is 69.1 Å². The van der Waals surface area contributed by atoms with Gasteiger partial charge in [-0.1, -0.05) is 0 Å². The van der Waals surface area contributed by atoms with E-state index in [1.54, 1.807) is 0 Å². The molecule has 41 heavy (non-hydrogen) atoms. The maximum atomic E-state index is 4.87. The summed E-state index contributed by atoms with van der Waals surface area (Å²) in [6.45, 7) is 0. The predicted molar refractivity (Wildman–Crippen MR) is 191 cm³/mol. The molecule has 0 amide bonds. The summed E-state index contributed by atoms with van der Waals surface area (Å²) in [6, 6.07) is 68.1. The zero-order valence-electron chi connectivity index (χ0n) is 22.4. The van der Waals surface area contributed by atoms with Gasteiger partial charge >= 0.3 is 262 Å². The summed E-state index contributed by atoms with van der Waals surface area (Å²) < 4.78 is 0. The van der Waals surface area contributed by atoms with E-state index in [0.29, 0.717) is 0 Å². The van der Waals surface area contributed by atoms with E-state index in [2.05, 4.69) is 182 Å². The fourth-order valence-electron chi connectivity index (χ4n) is 5.81. The molecule has 0 spiro atoms. The normalized spacial score (nSPS) is 13.3. The SMILES string of the molecule is [Br][Pt]([Br])([PH](c1ccccc1)(c1ccccc1)c1ccccc1)[PH](c1ccccc1)(c1ccccc1)c1ccccc1. The quantitative estimate of drug-likeness (QED) is 0.136. The van der Waals surface area contributed by atoms with Crippen LogP contribution >= 0.6 is 37.3 Å². The van der Waals surface area contributed by atoms with E-state index in [0.717, 1.165) is 0 Å². The van der Waals surface area contributed by atoms with Crippen molar-refractivity contribution in [2.75, 3.05) is 0 Å². The van der Waals surface area contributed by atoms with Gasteiger partial charge < -0.3 is 0 Å². The molecule has 0 saturated heterocycles. The molecule has 0 saturated carbocycles. The predicted octanol–water partition coefficient (Wildman–Crippen LogP) is 8.04. The third kappa shape index (κ3) is 4.87. The number of hydrogen-bond acceptors (Lipinski definition) is 0. The third-order valence-corrected chi connectivity index (χ3v) is 88.5. The molecule has 0 aliphatic carbocycles. The van der Waals surface area contributed by atoms with Gasteiger partial charge in [0, 0.05) is 0 Å². The van der Waals surface area contributed by atoms with Crippen molar-refractivity contribution in [3.63, 3.8) is 0 Å². The maximum absolute atomic E-state index is 4.87. The van der Waals surface area contributed by atoms with Gasteiger partial charge in [0.1, 0.15) is 0 Å². The molecule has 0 aromatic heterocycles. The monoisotopic (exact) mass is 879 g/mol. The molecule has 6 rings (SSSR count). The van der Waals surface area contributed by atoms with Crippen molar-refractivity contribution in [2.45, 2.75) is 0 Å². The van der Waals surface area contributed by atoms with Gasteiger partial charge in [-0.2, -0.15) is 0 Å². The number of rotatable bonds is 8. The van der Waals surface area contributed by atoms with Gasteiger partial charge in [-0.3, -0.25) is 0 Å². The molecule has 0 unspecified atom stereocenters. The average molecular weight is 881 g/mol. The minimum absolute atomic E-state index is 1.43. The summed E-state index contributed by atoms with van der Waals surface area (Å²) >= 11 is 9.74. The molecule has 210 valence electrons. The summed E-state index contributed by atoms with van der Waals surface area (Å²) in [5.41, 5.74) is 0. The molecule has 0 aliphatic rings. The molecule has 0 bridgehead atoms. The molecule has 0 aliphatic heterocycles. The Morgan fingerprint density at radius 2 is 0.415 bits per heavy atom. The molecule has 0 fully saturated rings. The van der Waals surface area contributed by atoms with Crippen molar-refractivity contribution in [2.24, 2.45) is 0 Å². The summed E-state index contributed by atoms with van der Waals surface area (Å²) in [6.07, 6.45) is 0. The van der Waals surface area contributed by atoms with Crippen molar-refractivity contribution in [3.8, 4) is 0 Å². The molecule has 5 heteroatoms. The first-order chi connectivity index (χ1) is 20.1. The van der Waals surface area contributed by atoms with Crippen LogP contribution in [0.5, 0.6) is 0 Å². The Bertz CT molecular complexity index is 1360. The van der Waals surface area contributed by atoms with Crippen molar-refractivity contribution < 1.29 is 10.9 Å². The Kier molecular flexibility index (Phi) is 8.88. The molecule has 6 aromatic rings. The first-order valence-corrected chi connectivity index (χ1v) is 33.9. The second kappa shape index (κ2) is 12.6. The summed E-state index contributed by atoms with van der Waals surface area (Å²) in [5, 5.41) is 3.08. The Morgan fingerprint density at radius 3 is 0.561 bits per heavy atom. The van der Waals surface area contributed by atoms with Crippen LogP contribution in [0.3, 0.4) is 0 Å². The molecular formula is C36H32Br2P2Pt. The van der Waals surface area contributed by atoms with Gasteiger partial charge in [-0.25, -0.2) is 0 Å². The zero-order valence-corrected chi connectivity index (χ0v) is 29.8. The van der Waals surface area contributed by atoms with E-state index < -0.39 is 21.6 Å². The molecule has 6 aromatic carbocycles. The molecule has 0 N–H and O–H groups in total. The Labute approximate surface area is 260 Å². The first kappa shape index (κ1) is 28.9. The van der Waals surface area contributed by atoms with Crippen molar-refractivity contribution in [1.29, 1.82) is 0 Å². The number of halogens is 2. The van der Waals surface area contributed by atoms with Crippen LogP contribution in [0.1, 0.15) is 0 Å². The average Bonchev–Trinajstić information content (AvgIpc) is 3.05. The van der Waals surface area contributed by atoms with Crippen LogP contribution in [0.2, 0.25) is 0 Å². The van der Waals surface area contributed by atoms with Crippen LogP contribution in [0, 0.1) is 0 Å². The van der Waals surface area contributed by atoms with E-state index in [1.807, 2.05) is 0 Å². The first-order valence-electron chi connectivity index (χ1n) is 13.5. The molecule has 0 radical (unpaired) electrons. The van der Waals surface area contributed by atoms with Crippen LogP contribution in [-0.2, 0) is 10.9 Å². The minimum atomic E-state index is -3.48. The fraction of sp³-hybridized carbons (Fsp3) is 0. The summed E-state index contributed by atoms with van der Waals surface area (Å²) in [4.78, 5) is 0. The Hall–Kier alpha value is -2.17. The van der Waals surface area contributed by atoms with Gasteiger partial charge in [0.2, 0.25) is 0 Å². The van der Waals surface area contributed by atoms with E-state index in [-0.39, 0.29) is 0 Å². The molecular weight excluding hydrogens is 849 g/mol. The van der Waals surface area contributed by atoms with E-state index >= 15 is 0 Å². The fourth-order valence-corrected chi connectivity index (χ4v) is 104. The summed E-state index contributed by atoms with van der Waals surface area (Å²) in [7, 11) is -3.48. The number of benzene rings is 6. The van der Waals surface area contributed by atoms with E-state index in [9.17, 15) is 0 Å². The summed E-state index contributed by atoms with van der Waals surface area (Å²) in [5.74, 6) is 0. The Morgan fingerprint density at radius 1 is 0.268 bits per heavy atom. The second-order valence-corrected chi connectivity index (χ2v) is 71.9. The molecule has 0 heterocycles.